The third kappa shape index (κ3) is 11.1. The molecule has 0 saturated heterocycles. The van der Waals surface area contributed by atoms with Crippen molar-refractivity contribution in [3.63, 3.8) is 0 Å². The fourth-order valence-electron chi connectivity index (χ4n) is 2.05. The van der Waals surface area contributed by atoms with E-state index in [4.69, 9.17) is 0 Å². The van der Waals surface area contributed by atoms with E-state index in [2.05, 4.69) is 74.5 Å². The van der Waals surface area contributed by atoms with E-state index in [0.29, 0.717) is 0 Å². The van der Waals surface area contributed by atoms with Crippen LogP contribution < -0.4 is 0 Å². The Bertz CT molecular complexity index is 373. The number of unbranched alkanes of at least 4 members (excludes halogenated alkanes) is 2. The summed E-state index contributed by atoms with van der Waals surface area (Å²) in [5, 5.41) is 0. The SMILES string of the molecule is CC.CCCCc1ccccc1.CCCCc1ccccc1. The van der Waals surface area contributed by atoms with Gasteiger partial charge in [-0.25, -0.2) is 0 Å². The number of benzene rings is 2. The zero-order chi connectivity index (χ0) is 16.5. The lowest BCUT2D eigenvalue weighted by Gasteiger charge is -1.96. The van der Waals surface area contributed by atoms with Crippen LogP contribution in [0.2, 0.25) is 0 Å². The van der Waals surface area contributed by atoms with Gasteiger partial charge in [-0.3, -0.25) is 0 Å². The molecule has 22 heavy (non-hydrogen) atoms. The van der Waals surface area contributed by atoms with Crippen LogP contribution in [0.3, 0.4) is 0 Å². The standard InChI is InChI=1S/2C10H14.C2H6/c2*1-2-3-7-10-8-5-4-6-9-10;1-2/h2*4-6,8-9H,2-3,7H2,1H3;1-2H3. The van der Waals surface area contributed by atoms with Crippen molar-refractivity contribution in [1.29, 1.82) is 0 Å². The topological polar surface area (TPSA) is 0 Å². The second-order valence-corrected chi connectivity index (χ2v) is 5.18. The molecule has 0 N–H and O–H groups in total. The van der Waals surface area contributed by atoms with Crippen molar-refractivity contribution in [1.82, 2.24) is 0 Å². The Labute approximate surface area is 138 Å². The van der Waals surface area contributed by atoms with E-state index in [1.165, 1.54) is 49.7 Å². The van der Waals surface area contributed by atoms with Crippen LogP contribution in [0.5, 0.6) is 0 Å². The maximum absolute atomic E-state index is 2.23. The zero-order valence-electron chi connectivity index (χ0n) is 15.0. The van der Waals surface area contributed by atoms with Crippen LogP contribution in [0.4, 0.5) is 0 Å². The molecule has 2 rings (SSSR count). The fourth-order valence-corrected chi connectivity index (χ4v) is 2.05. The van der Waals surface area contributed by atoms with Crippen LogP contribution in [0.15, 0.2) is 60.7 Å². The number of aryl methyl sites for hydroxylation is 2. The molecule has 0 nitrogen and oxygen atoms in total. The fraction of sp³-hybridized carbons (Fsp3) is 0.455. The minimum absolute atomic E-state index is 1.23. The molecule has 0 saturated carbocycles. The molecule has 122 valence electrons. The highest BCUT2D eigenvalue weighted by Crippen LogP contribution is 2.03. The van der Waals surface area contributed by atoms with Gasteiger partial charge in [0.1, 0.15) is 0 Å². The van der Waals surface area contributed by atoms with Gasteiger partial charge in [-0.05, 0) is 36.8 Å². The molecule has 0 heteroatoms. The summed E-state index contributed by atoms with van der Waals surface area (Å²) in [5.74, 6) is 0. The molecule has 0 spiro atoms. The lowest BCUT2D eigenvalue weighted by atomic mass is 10.1. The van der Waals surface area contributed by atoms with Gasteiger partial charge in [0.05, 0.1) is 0 Å². The summed E-state index contributed by atoms with van der Waals surface area (Å²) < 4.78 is 0. The first-order chi connectivity index (χ1) is 10.9. The molecule has 0 aliphatic carbocycles. The van der Waals surface area contributed by atoms with Gasteiger partial charge in [-0.1, -0.05) is 101 Å². The molecule has 0 radical (unpaired) electrons. The van der Waals surface area contributed by atoms with Gasteiger partial charge in [-0.2, -0.15) is 0 Å². The molecule has 0 aliphatic heterocycles. The average molecular weight is 299 g/mol. The number of hydrogen-bond acceptors (Lipinski definition) is 0. The van der Waals surface area contributed by atoms with Crippen LogP contribution in [0, 0.1) is 0 Å². The summed E-state index contributed by atoms with van der Waals surface area (Å²) in [5.41, 5.74) is 2.92. The van der Waals surface area contributed by atoms with Gasteiger partial charge >= 0.3 is 0 Å². The summed E-state index contributed by atoms with van der Waals surface area (Å²) in [7, 11) is 0. The predicted molar refractivity (Wildman–Crippen MR) is 101 cm³/mol. The van der Waals surface area contributed by atoms with Crippen LogP contribution in [0.25, 0.3) is 0 Å². The predicted octanol–water partition coefficient (Wildman–Crippen LogP) is 7.08. The van der Waals surface area contributed by atoms with Gasteiger partial charge in [0.2, 0.25) is 0 Å². The minimum Gasteiger partial charge on any atom is -0.0683 e. The molecule has 0 aliphatic rings. The third-order valence-electron chi connectivity index (χ3n) is 3.32. The summed E-state index contributed by atoms with van der Waals surface area (Å²) >= 11 is 0. The second kappa shape index (κ2) is 15.8. The Morgan fingerprint density at radius 2 is 0.864 bits per heavy atom. The maximum Gasteiger partial charge on any atom is -0.0279 e. The molecular weight excluding hydrogens is 264 g/mol. The van der Waals surface area contributed by atoms with Gasteiger partial charge in [0, 0.05) is 0 Å². The largest absolute Gasteiger partial charge is 0.0683 e. The van der Waals surface area contributed by atoms with Crippen molar-refractivity contribution >= 4 is 0 Å². The first kappa shape index (κ1) is 20.4. The zero-order valence-corrected chi connectivity index (χ0v) is 15.0. The van der Waals surface area contributed by atoms with Crippen LogP contribution in [-0.4, -0.2) is 0 Å². The van der Waals surface area contributed by atoms with E-state index >= 15 is 0 Å². The third-order valence-corrected chi connectivity index (χ3v) is 3.32. The van der Waals surface area contributed by atoms with Gasteiger partial charge in [0.15, 0.2) is 0 Å². The Kier molecular flexibility index (Phi) is 14.7. The summed E-state index contributed by atoms with van der Waals surface area (Å²) in [6.07, 6.45) is 7.66. The summed E-state index contributed by atoms with van der Waals surface area (Å²) in [6, 6.07) is 21.3. The highest BCUT2D eigenvalue weighted by Gasteiger charge is 1.88. The van der Waals surface area contributed by atoms with Crippen molar-refractivity contribution in [2.45, 2.75) is 66.2 Å². The van der Waals surface area contributed by atoms with E-state index in [1.807, 2.05) is 13.8 Å². The number of rotatable bonds is 6. The molecule has 0 aromatic heterocycles. The lowest BCUT2D eigenvalue weighted by molar-refractivity contribution is 0.795. The molecule has 0 unspecified atom stereocenters. The van der Waals surface area contributed by atoms with Crippen molar-refractivity contribution in [2.24, 2.45) is 0 Å². The Hall–Kier alpha value is -1.56. The van der Waals surface area contributed by atoms with E-state index in [0.717, 1.165) is 0 Å². The molecule has 0 atom stereocenters. The first-order valence-corrected chi connectivity index (χ1v) is 8.94. The molecule has 2 aromatic carbocycles. The molecule has 0 bridgehead atoms. The van der Waals surface area contributed by atoms with Crippen molar-refractivity contribution in [2.75, 3.05) is 0 Å². The van der Waals surface area contributed by atoms with Gasteiger partial charge in [-0.15, -0.1) is 0 Å². The van der Waals surface area contributed by atoms with Crippen LogP contribution in [0.1, 0.15) is 64.5 Å². The highest BCUT2D eigenvalue weighted by atomic mass is 13.9. The molecule has 2 aromatic rings. The van der Waals surface area contributed by atoms with E-state index in [1.54, 1.807) is 0 Å². The van der Waals surface area contributed by atoms with E-state index in [-0.39, 0.29) is 0 Å². The maximum atomic E-state index is 2.23. The van der Waals surface area contributed by atoms with Crippen LogP contribution >= 0.6 is 0 Å². The second-order valence-electron chi connectivity index (χ2n) is 5.18. The molecule has 0 amide bonds. The summed E-state index contributed by atoms with van der Waals surface area (Å²) in [4.78, 5) is 0. The Morgan fingerprint density at radius 3 is 1.14 bits per heavy atom. The highest BCUT2D eigenvalue weighted by molar-refractivity contribution is 5.15. The van der Waals surface area contributed by atoms with E-state index < -0.39 is 0 Å². The van der Waals surface area contributed by atoms with Crippen molar-refractivity contribution in [3.8, 4) is 0 Å². The van der Waals surface area contributed by atoms with Crippen molar-refractivity contribution in [3.05, 3.63) is 71.8 Å². The van der Waals surface area contributed by atoms with Gasteiger partial charge < -0.3 is 0 Å². The lowest BCUT2D eigenvalue weighted by Crippen LogP contribution is -1.81. The smallest absolute Gasteiger partial charge is 0.0279 e. The normalized spacial score (nSPS) is 9.09. The Balaban J connectivity index is 0.000000360. The first-order valence-electron chi connectivity index (χ1n) is 8.94. The van der Waals surface area contributed by atoms with Gasteiger partial charge in [0.25, 0.3) is 0 Å². The molecule has 0 heterocycles. The van der Waals surface area contributed by atoms with E-state index in [9.17, 15) is 0 Å². The van der Waals surface area contributed by atoms with Crippen molar-refractivity contribution < 1.29 is 0 Å². The van der Waals surface area contributed by atoms with Crippen LogP contribution in [-0.2, 0) is 12.8 Å². The molecule has 0 fully saturated rings. The minimum atomic E-state index is 1.23. The average Bonchev–Trinajstić information content (AvgIpc) is 2.62. The summed E-state index contributed by atoms with van der Waals surface area (Å²) in [6.45, 7) is 8.45. The molecular formula is C22H34. The Morgan fingerprint density at radius 1 is 0.545 bits per heavy atom. The monoisotopic (exact) mass is 298 g/mol. The quantitative estimate of drug-likeness (QED) is 0.534. The number of hydrogen-bond donors (Lipinski definition) is 0.